The van der Waals surface area contributed by atoms with E-state index < -0.39 is 11.6 Å². The molecule has 0 bridgehead atoms. The van der Waals surface area contributed by atoms with Gasteiger partial charge < -0.3 is 5.32 Å². The zero-order valence-electron chi connectivity index (χ0n) is 12.5. The van der Waals surface area contributed by atoms with Crippen molar-refractivity contribution >= 4 is 33.0 Å². The van der Waals surface area contributed by atoms with Crippen molar-refractivity contribution in [2.24, 2.45) is 0 Å². The first-order valence-electron chi connectivity index (χ1n) is 7.37. The van der Waals surface area contributed by atoms with Crippen LogP contribution in [0, 0.1) is 11.6 Å². The van der Waals surface area contributed by atoms with Crippen molar-refractivity contribution in [1.29, 1.82) is 0 Å². The molecule has 1 amide bonds. The average molecular weight is 331 g/mol. The Morgan fingerprint density at radius 1 is 1.13 bits per heavy atom. The molecule has 0 aliphatic carbocycles. The molecule has 0 spiro atoms. The maximum atomic E-state index is 13.3. The number of carbonyl (C=O) groups is 1. The molecule has 5 heteroatoms. The van der Waals surface area contributed by atoms with Crippen molar-refractivity contribution in [2.45, 2.75) is 19.8 Å². The molecule has 0 atom stereocenters. The molecule has 3 aromatic rings. The second-order valence-corrected chi connectivity index (χ2v) is 6.29. The first kappa shape index (κ1) is 15.6. The van der Waals surface area contributed by atoms with Gasteiger partial charge in [0, 0.05) is 16.5 Å². The lowest BCUT2D eigenvalue weighted by molar-refractivity contribution is 0.103. The minimum absolute atomic E-state index is 0.244. The van der Waals surface area contributed by atoms with Crippen LogP contribution in [0.5, 0.6) is 0 Å². The van der Waals surface area contributed by atoms with E-state index in [0.29, 0.717) is 4.88 Å². The Balaban J connectivity index is 1.96. The van der Waals surface area contributed by atoms with Crippen molar-refractivity contribution in [3.05, 3.63) is 64.5 Å². The van der Waals surface area contributed by atoms with E-state index in [9.17, 15) is 13.6 Å². The van der Waals surface area contributed by atoms with Crippen LogP contribution in [0.25, 0.3) is 10.1 Å². The van der Waals surface area contributed by atoms with Crippen molar-refractivity contribution in [3.8, 4) is 0 Å². The standard InChI is InChI=1S/C18H15F2NOS/c1-2-5-13-12-6-3-4-7-16(12)23-17(13)18(22)21-11-8-9-14(19)15(20)10-11/h3-4,6-10H,2,5H2,1H3,(H,21,22). The van der Waals surface area contributed by atoms with Gasteiger partial charge in [-0.3, -0.25) is 4.79 Å². The van der Waals surface area contributed by atoms with Crippen LogP contribution in [0.3, 0.4) is 0 Å². The fourth-order valence-electron chi connectivity index (χ4n) is 2.54. The maximum absolute atomic E-state index is 13.3. The quantitative estimate of drug-likeness (QED) is 0.683. The lowest BCUT2D eigenvalue weighted by Crippen LogP contribution is -2.12. The molecule has 0 unspecified atom stereocenters. The summed E-state index contributed by atoms with van der Waals surface area (Å²) in [5.74, 6) is -2.20. The molecule has 0 saturated heterocycles. The van der Waals surface area contributed by atoms with Crippen LogP contribution in [0.15, 0.2) is 42.5 Å². The molecular formula is C18H15F2NOS. The van der Waals surface area contributed by atoms with Crippen LogP contribution >= 0.6 is 11.3 Å². The summed E-state index contributed by atoms with van der Waals surface area (Å²) in [4.78, 5) is 13.2. The molecule has 0 radical (unpaired) electrons. The van der Waals surface area contributed by atoms with Crippen molar-refractivity contribution in [2.75, 3.05) is 5.32 Å². The summed E-state index contributed by atoms with van der Waals surface area (Å²) in [6.45, 7) is 2.06. The van der Waals surface area contributed by atoms with Gasteiger partial charge in [-0.05, 0) is 35.6 Å². The summed E-state index contributed by atoms with van der Waals surface area (Å²) < 4.78 is 27.3. The summed E-state index contributed by atoms with van der Waals surface area (Å²) in [6, 6.07) is 11.2. The molecule has 1 heterocycles. The number of amides is 1. The SMILES string of the molecule is CCCc1c(C(=O)Nc2ccc(F)c(F)c2)sc2ccccc12. The predicted octanol–water partition coefficient (Wildman–Crippen LogP) is 5.38. The third-order valence-electron chi connectivity index (χ3n) is 3.58. The molecule has 1 N–H and O–H groups in total. The van der Waals surface area contributed by atoms with Gasteiger partial charge in [-0.15, -0.1) is 11.3 Å². The number of hydrogen-bond donors (Lipinski definition) is 1. The lowest BCUT2D eigenvalue weighted by atomic mass is 10.1. The van der Waals surface area contributed by atoms with E-state index in [1.54, 1.807) is 0 Å². The van der Waals surface area contributed by atoms with E-state index in [-0.39, 0.29) is 11.6 Å². The fraction of sp³-hybridized carbons (Fsp3) is 0.167. The van der Waals surface area contributed by atoms with E-state index in [0.717, 1.165) is 40.6 Å². The zero-order chi connectivity index (χ0) is 16.4. The highest BCUT2D eigenvalue weighted by atomic mass is 32.1. The number of benzene rings is 2. The number of halogens is 2. The Kier molecular flexibility index (Phi) is 4.39. The van der Waals surface area contributed by atoms with Gasteiger partial charge >= 0.3 is 0 Å². The molecule has 1 aromatic heterocycles. The van der Waals surface area contributed by atoms with Crippen molar-refractivity contribution in [3.63, 3.8) is 0 Å². The monoisotopic (exact) mass is 331 g/mol. The second-order valence-electron chi connectivity index (χ2n) is 5.24. The molecule has 23 heavy (non-hydrogen) atoms. The molecule has 118 valence electrons. The summed E-state index contributed by atoms with van der Waals surface area (Å²) in [7, 11) is 0. The molecule has 0 aliphatic rings. The maximum Gasteiger partial charge on any atom is 0.266 e. The molecule has 0 aliphatic heterocycles. The predicted molar refractivity (Wildman–Crippen MR) is 90.1 cm³/mol. The highest BCUT2D eigenvalue weighted by Crippen LogP contribution is 2.32. The summed E-state index contributed by atoms with van der Waals surface area (Å²) in [5, 5.41) is 3.73. The minimum atomic E-state index is -0.979. The Morgan fingerprint density at radius 3 is 2.65 bits per heavy atom. The van der Waals surface area contributed by atoms with E-state index >= 15 is 0 Å². The van der Waals surface area contributed by atoms with E-state index in [2.05, 4.69) is 12.2 Å². The number of hydrogen-bond acceptors (Lipinski definition) is 2. The number of carbonyl (C=O) groups excluding carboxylic acids is 1. The first-order valence-corrected chi connectivity index (χ1v) is 8.18. The van der Waals surface area contributed by atoms with Crippen LogP contribution in [0.4, 0.5) is 14.5 Å². The van der Waals surface area contributed by atoms with Crippen molar-refractivity contribution in [1.82, 2.24) is 0 Å². The van der Waals surface area contributed by atoms with E-state index in [4.69, 9.17) is 0 Å². The number of rotatable bonds is 4. The molecule has 2 aromatic carbocycles. The van der Waals surface area contributed by atoms with Gasteiger partial charge in [-0.1, -0.05) is 31.5 Å². The van der Waals surface area contributed by atoms with Gasteiger partial charge in [0.25, 0.3) is 5.91 Å². The molecule has 0 saturated carbocycles. The Morgan fingerprint density at radius 2 is 1.91 bits per heavy atom. The van der Waals surface area contributed by atoms with Gasteiger partial charge in [-0.2, -0.15) is 0 Å². The fourth-order valence-corrected chi connectivity index (χ4v) is 3.69. The van der Waals surface area contributed by atoms with Crippen molar-refractivity contribution < 1.29 is 13.6 Å². The van der Waals surface area contributed by atoms with Crippen LogP contribution in [-0.2, 0) is 6.42 Å². The molecular weight excluding hydrogens is 316 g/mol. The molecule has 2 nitrogen and oxygen atoms in total. The molecule has 0 fully saturated rings. The number of anilines is 1. The highest BCUT2D eigenvalue weighted by Gasteiger charge is 2.18. The lowest BCUT2D eigenvalue weighted by Gasteiger charge is -2.06. The normalized spacial score (nSPS) is 10.9. The van der Waals surface area contributed by atoms with Gasteiger partial charge in [0.15, 0.2) is 11.6 Å². The number of thiophene rings is 1. The Labute approximate surface area is 136 Å². The Bertz CT molecular complexity index is 873. The minimum Gasteiger partial charge on any atom is -0.321 e. The third kappa shape index (κ3) is 3.10. The van der Waals surface area contributed by atoms with E-state index in [1.165, 1.54) is 17.4 Å². The largest absolute Gasteiger partial charge is 0.321 e. The second kappa shape index (κ2) is 6.46. The number of aryl methyl sites for hydroxylation is 1. The van der Waals surface area contributed by atoms with Gasteiger partial charge in [0.2, 0.25) is 0 Å². The molecule has 3 rings (SSSR count). The van der Waals surface area contributed by atoms with Crippen LogP contribution in [-0.4, -0.2) is 5.91 Å². The van der Waals surface area contributed by atoms with Gasteiger partial charge in [0.1, 0.15) is 0 Å². The zero-order valence-corrected chi connectivity index (χ0v) is 13.3. The highest BCUT2D eigenvalue weighted by molar-refractivity contribution is 7.21. The van der Waals surface area contributed by atoms with Crippen LogP contribution in [0.1, 0.15) is 28.6 Å². The van der Waals surface area contributed by atoms with Crippen LogP contribution in [0.2, 0.25) is 0 Å². The van der Waals surface area contributed by atoms with Gasteiger partial charge in [-0.25, -0.2) is 8.78 Å². The first-order chi connectivity index (χ1) is 11.1. The summed E-state index contributed by atoms with van der Waals surface area (Å²) in [6.07, 6.45) is 1.72. The average Bonchev–Trinajstić information content (AvgIpc) is 2.90. The van der Waals surface area contributed by atoms with Gasteiger partial charge in [0.05, 0.1) is 4.88 Å². The Hall–Kier alpha value is -2.27. The van der Waals surface area contributed by atoms with Crippen LogP contribution < -0.4 is 5.32 Å². The number of fused-ring (bicyclic) bond motifs is 1. The smallest absolute Gasteiger partial charge is 0.266 e. The van der Waals surface area contributed by atoms with E-state index in [1.807, 2.05) is 24.3 Å². The number of nitrogens with one attached hydrogen (secondary N) is 1. The summed E-state index contributed by atoms with van der Waals surface area (Å²) >= 11 is 1.42. The topological polar surface area (TPSA) is 29.1 Å². The summed E-state index contributed by atoms with van der Waals surface area (Å²) in [5.41, 5.74) is 1.25. The third-order valence-corrected chi connectivity index (χ3v) is 4.79.